The van der Waals surface area contributed by atoms with Crippen molar-refractivity contribution in [2.45, 2.75) is 32.7 Å². The molecule has 3 heteroatoms. The lowest BCUT2D eigenvalue weighted by molar-refractivity contribution is 0.168. The molecule has 1 aliphatic heterocycles. The number of hydrogen-bond donors (Lipinski definition) is 1. The lowest BCUT2D eigenvalue weighted by Gasteiger charge is -2.24. The van der Waals surface area contributed by atoms with Gasteiger partial charge < -0.3 is 10.1 Å². The van der Waals surface area contributed by atoms with Crippen molar-refractivity contribution in [3.8, 4) is 0 Å². The standard InChI is InChI=1S/C13H19NOS/c1-3-14-13(11-9-16-8-10(11)2)12-6-4-5-7-15-12/h6,8-9,13-14H,3-5,7H2,1-2H3. The Kier molecular flexibility index (Phi) is 4.02. The van der Waals surface area contributed by atoms with E-state index in [9.17, 15) is 0 Å². The van der Waals surface area contributed by atoms with Crippen LogP contribution >= 0.6 is 11.3 Å². The van der Waals surface area contributed by atoms with Crippen molar-refractivity contribution < 1.29 is 4.74 Å². The second kappa shape index (κ2) is 5.51. The monoisotopic (exact) mass is 237 g/mol. The van der Waals surface area contributed by atoms with Crippen LogP contribution in [0.15, 0.2) is 22.6 Å². The van der Waals surface area contributed by atoms with Crippen LogP contribution in [0.1, 0.15) is 36.9 Å². The summed E-state index contributed by atoms with van der Waals surface area (Å²) >= 11 is 1.76. The molecule has 0 bridgehead atoms. The summed E-state index contributed by atoms with van der Waals surface area (Å²) in [6.07, 6.45) is 4.51. The first-order valence-electron chi connectivity index (χ1n) is 5.92. The van der Waals surface area contributed by atoms with Crippen molar-refractivity contribution >= 4 is 11.3 Å². The summed E-state index contributed by atoms with van der Waals surface area (Å²) < 4.78 is 5.77. The predicted molar refractivity (Wildman–Crippen MR) is 68.7 cm³/mol. The van der Waals surface area contributed by atoms with Gasteiger partial charge in [-0.1, -0.05) is 6.92 Å². The summed E-state index contributed by atoms with van der Waals surface area (Å²) in [6, 6.07) is 0.247. The molecule has 1 atom stereocenters. The highest BCUT2D eigenvalue weighted by Gasteiger charge is 2.20. The molecule has 1 aromatic heterocycles. The summed E-state index contributed by atoms with van der Waals surface area (Å²) in [5, 5.41) is 7.93. The first-order chi connectivity index (χ1) is 7.83. The smallest absolute Gasteiger partial charge is 0.113 e. The van der Waals surface area contributed by atoms with Gasteiger partial charge in [-0.2, -0.15) is 11.3 Å². The van der Waals surface area contributed by atoms with E-state index in [2.05, 4.69) is 36.0 Å². The zero-order valence-electron chi connectivity index (χ0n) is 9.95. The number of allylic oxidation sites excluding steroid dienone is 1. The highest BCUT2D eigenvalue weighted by atomic mass is 32.1. The minimum atomic E-state index is 0.247. The number of ether oxygens (including phenoxy) is 1. The normalized spacial score (nSPS) is 17.8. The second-order valence-electron chi connectivity index (χ2n) is 4.10. The Hall–Kier alpha value is -0.800. The van der Waals surface area contributed by atoms with Crippen LogP contribution in [0.2, 0.25) is 0 Å². The van der Waals surface area contributed by atoms with Gasteiger partial charge in [0.25, 0.3) is 0 Å². The van der Waals surface area contributed by atoms with Crippen LogP contribution in [0.25, 0.3) is 0 Å². The van der Waals surface area contributed by atoms with Crippen LogP contribution in [-0.2, 0) is 4.74 Å². The lowest BCUT2D eigenvalue weighted by atomic mass is 10.0. The third kappa shape index (κ3) is 2.47. The van der Waals surface area contributed by atoms with Crippen LogP contribution in [-0.4, -0.2) is 13.2 Å². The van der Waals surface area contributed by atoms with E-state index in [1.807, 2.05) is 0 Å². The number of rotatable bonds is 4. The Labute approximate surface area is 101 Å². The van der Waals surface area contributed by atoms with Gasteiger partial charge >= 0.3 is 0 Å². The van der Waals surface area contributed by atoms with E-state index < -0.39 is 0 Å². The van der Waals surface area contributed by atoms with Gasteiger partial charge in [0.05, 0.1) is 12.6 Å². The Morgan fingerprint density at radius 3 is 2.94 bits per heavy atom. The molecule has 2 rings (SSSR count). The number of nitrogens with one attached hydrogen (secondary N) is 1. The fourth-order valence-corrected chi connectivity index (χ4v) is 2.89. The minimum Gasteiger partial charge on any atom is -0.496 e. The molecule has 0 radical (unpaired) electrons. The van der Waals surface area contributed by atoms with Gasteiger partial charge in [-0.05, 0) is 54.3 Å². The number of thiophene rings is 1. The zero-order valence-corrected chi connectivity index (χ0v) is 10.8. The van der Waals surface area contributed by atoms with Gasteiger partial charge in [0.2, 0.25) is 0 Å². The molecule has 88 valence electrons. The summed E-state index contributed by atoms with van der Waals surface area (Å²) in [7, 11) is 0. The van der Waals surface area contributed by atoms with Gasteiger partial charge in [0, 0.05) is 0 Å². The van der Waals surface area contributed by atoms with E-state index in [0.29, 0.717) is 0 Å². The van der Waals surface area contributed by atoms with Crippen LogP contribution < -0.4 is 5.32 Å². The van der Waals surface area contributed by atoms with E-state index in [1.54, 1.807) is 11.3 Å². The van der Waals surface area contributed by atoms with Crippen LogP contribution in [0.4, 0.5) is 0 Å². The quantitative estimate of drug-likeness (QED) is 0.866. The SMILES string of the molecule is CCNC(C1=CCCCO1)c1cscc1C. The van der Waals surface area contributed by atoms with Gasteiger partial charge in [-0.3, -0.25) is 0 Å². The van der Waals surface area contributed by atoms with Crippen molar-refractivity contribution in [1.82, 2.24) is 5.32 Å². The molecule has 0 amide bonds. The molecule has 16 heavy (non-hydrogen) atoms. The lowest BCUT2D eigenvalue weighted by Crippen LogP contribution is -2.25. The summed E-state index contributed by atoms with van der Waals surface area (Å²) in [4.78, 5) is 0. The molecular weight excluding hydrogens is 218 g/mol. The molecule has 0 saturated heterocycles. The number of likely N-dealkylation sites (N-methyl/N-ethyl adjacent to an activating group) is 1. The Bertz CT molecular complexity index is 370. The summed E-state index contributed by atoms with van der Waals surface area (Å²) in [6.45, 7) is 6.12. The maximum absolute atomic E-state index is 5.77. The molecule has 1 unspecified atom stereocenters. The number of hydrogen-bond acceptors (Lipinski definition) is 3. The van der Waals surface area contributed by atoms with Gasteiger partial charge in [0.1, 0.15) is 5.76 Å². The van der Waals surface area contributed by atoms with Crippen LogP contribution in [0.3, 0.4) is 0 Å². The average molecular weight is 237 g/mol. The third-order valence-corrected chi connectivity index (χ3v) is 3.74. The molecule has 0 saturated carbocycles. The molecule has 1 aliphatic rings. The molecule has 2 nitrogen and oxygen atoms in total. The van der Waals surface area contributed by atoms with E-state index in [0.717, 1.165) is 31.8 Å². The Balaban J connectivity index is 2.23. The molecule has 0 fully saturated rings. The highest BCUT2D eigenvalue weighted by molar-refractivity contribution is 7.08. The minimum absolute atomic E-state index is 0.247. The van der Waals surface area contributed by atoms with Crippen molar-refractivity contribution in [3.05, 3.63) is 33.7 Å². The van der Waals surface area contributed by atoms with Crippen molar-refractivity contribution in [2.75, 3.05) is 13.2 Å². The van der Waals surface area contributed by atoms with Gasteiger partial charge in [-0.15, -0.1) is 0 Å². The molecule has 1 aromatic rings. The molecule has 0 aliphatic carbocycles. The fourth-order valence-electron chi connectivity index (χ4n) is 2.01. The predicted octanol–water partition coefficient (Wildman–Crippen LogP) is 3.40. The first-order valence-corrected chi connectivity index (χ1v) is 6.86. The Morgan fingerprint density at radius 2 is 2.38 bits per heavy atom. The molecular formula is C13H19NOS. The van der Waals surface area contributed by atoms with Crippen LogP contribution in [0.5, 0.6) is 0 Å². The largest absolute Gasteiger partial charge is 0.496 e. The zero-order chi connectivity index (χ0) is 11.4. The van der Waals surface area contributed by atoms with Gasteiger partial charge in [-0.25, -0.2) is 0 Å². The summed E-state index contributed by atoms with van der Waals surface area (Å²) in [5.41, 5.74) is 2.71. The highest BCUT2D eigenvalue weighted by Crippen LogP contribution is 2.30. The van der Waals surface area contributed by atoms with Crippen molar-refractivity contribution in [3.63, 3.8) is 0 Å². The molecule has 2 heterocycles. The van der Waals surface area contributed by atoms with Crippen molar-refractivity contribution in [1.29, 1.82) is 0 Å². The van der Waals surface area contributed by atoms with E-state index >= 15 is 0 Å². The molecule has 1 N–H and O–H groups in total. The fraction of sp³-hybridized carbons (Fsp3) is 0.538. The summed E-state index contributed by atoms with van der Waals surface area (Å²) in [5.74, 6) is 1.11. The number of aryl methyl sites for hydroxylation is 1. The maximum Gasteiger partial charge on any atom is 0.113 e. The van der Waals surface area contributed by atoms with E-state index in [1.165, 1.54) is 11.1 Å². The third-order valence-electron chi connectivity index (χ3n) is 2.86. The second-order valence-corrected chi connectivity index (χ2v) is 4.84. The van der Waals surface area contributed by atoms with Gasteiger partial charge in [0.15, 0.2) is 0 Å². The van der Waals surface area contributed by atoms with E-state index in [-0.39, 0.29) is 6.04 Å². The molecule has 0 aromatic carbocycles. The van der Waals surface area contributed by atoms with Crippen LogP contribution in [0, 0.1) is 6.92 Å². The molecule has 0 spiro atoms. The van der Waals surface area contributed by atoms with Crippen molar-refractivity contribution in [2.24, 2.45) is 0 Å². The topological polar surface area (TPSA) is 21.3 Å². The Morgan fingerprint density at radius 1 is 1.50 bits per heavy atom. The van der Waals surface area contributed by atoms with E-state index in [4.69, 9.17) is 4.74 Å². The average Bonchev–Trinajstić information content (AvgIpc) is 2.73. The maximum atomic E-state index is 5.77. The first kappa shape index (κ1) is 11.7.